The average molecular weight is 275 g/mol. The van der Waals surface area contributed by atoms with Crippen LogP contribution in [0.3, 0.4) is 0 Å². The number of nitro groups is 1. The first-order valence-electron chi connectivity index (χ1n) is 2.97. The summed E-state index contributed by atoms with van der Waals surface area (Å²) in [5.41, 5.74) is 0. The van der Waals surface area contributed by atoms with E-state index in [-0.39, 0.29) is 9.75 Å². The Morgan fingerprint density at radius 2 is 2.20 bits per heavy atom. The molecule has 0 heterocycles. The van der Waals surface area contributed by atoms with Gasteiger partial charge >= 0.3 is 0 Å². The molecule has 0 N–H and O–H groups in total. The number of hydrogen-bond acceptors (Lipinski definition) is 2. The smallest absolute Gasteiger partial charge is 0.226 e. The second kappa shape index (κ2) is 5.07. The summed E-state index contributed by atoms with van der Waals surface area (Å²) in [6.45, 7) is 1.81. The van der Waals surface area contributed by atoms with Crippen molar-refractivity contribution in [2.75, 3.05) is 5.33 Å². The summed E-state index contributed by atoms with van der Waals surface area (Å²) in [6.07, 6.45) is 0.564. The van der Waals surface area contributed by atoms with Crippen molar-refractivity contribution < 1.29 is 4.92 Å². The molecule has 2 unspecified atom stereocenters. The molecule has 0 aromatic carbocycles. The molecule has 0 amide bonds. The Morgan fingerprint density at radius 3 is 2.30 bits per heavy atom. The summed E-state index contributed by atoms with van der Waals surface area (Å²) in [5.74, 6) is 0. The Hall–Kier alpha value is 0.360. The minimum absolute atomic E-state index is 0.0625. The topological polar surface area (TPSA) is 43.1 Å². The van der Waals surface area contributed by atoms with E-state index >= 15 is 0 Å². The maximum atomic E-state index is 10.3. The van der Waals surface area contributed by atoms with Crippen molar-refractivity contribution in [1.29, 1.82) is 0 Å². The molecule has 0 aliphatic carbocycles. The average Bonchev–Trinajstić information content (AvgIpc) is 1.88. The Kier molecular flexibility index (Phi) is 5.25. The first kappa shape index (κ1) is 10.4. The molecule has 0 bridgehead atoms. The van der Waals surface area contributed by atoms with Gasteiger partial charge in [0.25, 0.3) is 0 Å². The normalized spacial score (nSPS) is 16.3. The Morgan fingerprint density at radius 1 is 1.70 bits per heavy atom. The van der Waals surface area contributed by atoms with Crippen molar-refractivity contribution >= 4 is 31.9 Å². The van der Waals surface area contributed by atoms with Gasteiger partial charge < -0.3 is 0 Å². The molecule has 0 aromatic heterocycles. The van der Waals surface area contributed by atoms with Crippen LogP contribution < -0.4 is 0 Å². The molecule has 0 aliphatic rings. The van der Waals surface area contributed by atoms with Crippen LogP contribution in [-0.4, -0.2) is 21.1 Å². The molecule has 0 spiro atoms. The summed E-state index contributed by atoms with van der Waals surface area (Å²) < 4.78 is 0. The van der Waals surface area contributed by atoms with Crippen molar-refractivity contribution in [3.63, 3.8) is 0 Å². The number of halogens is 2. The highest BCUT2D eigenvalue weighted by Crippen LogP contribution is 2.14. The highest BCUT2D eigenvalue weighted by Gasteiger charge is 2.25. The summed E-state index contributed by atoms with van der Waals surface area (Å²) in [7, 11) is 0. The minimum Gasteiger partial charge on any atom is -0.264 e. The maximum Gasteiger partial charge on any atom is 0.226 e. The molecule has 0 rings (SSSR count). The molecule has 0 aliphatic heterocycles. The Bertz CT molecular complexity index is 120. The monoisotopic (exact) mass is 273 g/mol. The summed E-state index contributed by atoms with van der Waals surface area (Å²) in [5, 5.41) is 10.9. The van der Waals surface area contributed by atoms with Gasteiger partial charge in [0.1, 0.15) is 0 Å². The van der Waals surface area contributed by atoms with Crippen LogP contribution >= 0.6 is 31.9 Å². The van der Waals surface area contributed by atoms with Crippen LogP contribution in [0.2, 0.25) is 0 Å². The summed E-state index contributed by atoms with van der Waals surface area (Å²) in [4.78, 5) is 9.97. The lowest BCUT2D eigenvalue weighted by molar-refractivity contribution is -0.520. The van der Waals surface area contributed by atoms with Crippen LogP contribution in [0.15, 0.2) is 0 Å². The quantitative estimate of drug-likeness (QED) is 0.448. The largest absolute Gasteiger partial charge is 0.264 e. The maximum absolute atomic E-state index is 10.3. The van der Waals surface area contributed by atoms with E-state index in [1.54, 1.807) is 0 Å². The fourth-order valence-electron chi connectivity index (χ4n) is 0.640. The number of nitrogens with zero attached hydrogens (tertiary/aromatic N) is 1. The zero-order valence-corrected chi connectivity index (χ0v) is 8.76. The van der Waals surface area contributed by atoms with E-state index in [9.17, 15) is 10.1 Å². The highest BCUT2D eigenvalue weighted by atomic mass is 79.9. The minimum atomic E-state index is -0.473. The number of rotatable bonds is 4. The summed E-state index contributed by atoms with van der Waals surface area (Å²) in [6, 6.07) is -0.473. The van der Waals surface area contributed by atoms with Crippen molar-refractivity contribution in [2.45, 2.75) is 24.2 Å². The molecule has 0 fully saturated rings. The fourth-order valence-corrected chi connectivity index (χ4v) is 1.64. The third-order valence-electron chi connectivity index (χ3n) is 1.25. The van der Waals surface area contributed by atoms with Crippen molar-refractivity contribution in [1.82, 2.24) is 0 Å². The predicted molar refractivity (Wildman–Crippen MR) is 47.6 cm³/mol. The van der Waals surface area contributed by atoms with Crippen molar-refractivity contribution in [2.24, 2.45) is 0 Å². The molecule has 5 heteroatoms. The standard InChI is InChI=1S/C5H9Br2NO2/c1-2-5(8(9)10)4(7)3-6/h4-5H,2-3H2,1H3. The lowest BCUT2D eigenvalue weighted by atomic mass is 10.2. The molecule has 0 saturated heterocycles. The van der Waals surface area contributed by atoms with Crippen molar-refractivity contribution in [3.8, 4) is 0 Å². The van der Waals surface area contributed by atoms with Gasteiger partial charge in [-0.3, -0.25) is 10.1 Å². The second-order valence-corrected chi connectivity index (χ2v) is 3.75. The first-order chi connectivity index (χ1) is 4.63. The van der Waals surface area contributed by atoms with Gasteiger partial charge in [0.15, 0.2) is 0 Å². The third kappa shape index (κ3) is 2.96. The Labute approximate surface area is 76.6 Å². The molecule has 2 atom stereocenters. The lowest BCUT2D eigenvalue weighted by Crippen LogP contribution is -2.29. The molecule has 0 saturated carbocycles. The van der Waals surface area contributed by atoms with Crippen LogP contribution in [0.1, 0.15) is 13.3 Å². The molecule has 60 valence electrons. The number of hydrogen-bond donors (Lipinski definition) is 0. The molecular weight excluding hydrogens is 266 g/mol. The second-order valence-electron chi connectivity index (χ2n) is 1.93. The lowest BCUT2D eigenvalue weighted by Gasteiger charge is -2.09. The van der Waals surface area contributed by atoms with Crippen LogP contribution in [-0.2, 0) is 0 Å². The predicted octanol–water partition coefficient (Wildman–Crippen LogP) is 2.20. The zero-order valence-electron chi connectivity index (χ0n) is 5.59. The van der Waals surface area contributed by atoms with E-state index in [0.29, 0.717) is 11.8 Å². The van der Waals surface area contributed by atoms with Gasteiger partial charge in [0.2, 0.25) is 6.04 Å². The summed E-state index contributed by atoms with van der Waals surface area (Å²) >= 11 is 6.39. The van der Waals surface area contributed by atoms with Gasteiger partial charge in [-0.1, -0.05) is 38.8 Å². The SMILES string of the molecule is CCC(C(Br)CBr)[N+](=O)[O-]. The van der Waals surface area contributed by atoms with Crippen LogP contribution in [0.5, 0.6) is 0 Å². The van der Waals surface area contributed by atoms with Crippen LogP contribution in [0, 0.1) is 10.1 Å². The van der Waals surface area contributed by atoms with E-state index < -0.39 is 6.04 Å². The van der Waals surface area contributed by atoms with Crippen molar-refractivity contribution in [3.05, 3.63) is 10.1 Å². The van der Waals surface area contributed by atoms with E-state index in [1.807, 2.05) is 6.92 Å². The highest BCUT2D eigenvalue weighted by molar-refractivity contribution is 9.12. The zero-order chi connectivity index (χ0) is 8.15. The molecule has 0 aromatic rings. The molecular formula is C5H9Br2NO2. The number of alkyl halides is 2. The van der Waals surface area contributed by atoms with Gasteiger partial charge in [-0.2, -0.15) is 0 Å². The van der Waals surface area contributed by atoms with Gasteiger partial charge in [-0.05, 0) is 0 Å². The van der Waals surface area contributed by atoms with E-state index in [4.69, 9.17) is 0 Å². The Balaban J connectivity index is 3.92. The van der Waals surface area contributed by atoms with Crippen LogP contribution in [0.4, 0.5) is 0 Å². The molecule has 10 heavy (non-hydrogen) atoms. The van der Waals surface area contributed by atoms with Gasteiger partial charge in [0.05, 0.1) is 4.83 Å². The molecule has 0 radical (unpaired) electrons. The third-order valence-corrected chi connectivity index (χ3v) is 3.75. The van der Waals surface area contributed by atoms with Gasteiger partial charge in [-0.25, -0.2) is 0 Å². The van der Waals surface area contributed by atoms with Gasteiger partial charge in [0, 0.05) is 16.7 Å². The first-order valence-corrected chi connectivity index (χ1v) is 5.00. The van der Waals surface area contributed by atoms with Gasteiger partial charge in [-0.15, -0.1) is 0 Å². The van der Waals surface area contributed by atoms with E-state index in [1.165, 1.54) is 0 Å². The fraction of sp³-hybridized carbons (Fsp3) is 1.00. The molecule has 3 nitrogen and oxygen atoms in total. The van der Waals surface area contributed by atoms with Crippen LogP contribution in [0.25, 0.3) is 0 Å². The van der Waals surface area contributed by atoms with E-state index in [2.05, 4.69) is 31.9 Å². The van der Waals surface area contributed by atoms with E-state index in [0.717, 1.165) is 0 Å².